The summed E-state index contributed by atoms with van der Waals surface area (Å²) in [5.74, 6) is -3.62. The molecule has 0 spiro atoms. The van der Waals surface area contributed by atoms with Gasteiger partial charge in [-0.15, -0.1) is 0 Å². The number of benzene rings is 1. The predicted molar refractivity (Wildman–Crippen MR) is 85.1 cm³/mol. The van der Waals surface area contributed by atoms with Crippen LogP contribution in [0.5, 0.6) is 0 Å². The number of esters is 1. The smallest absolute Gasteiger partial charge is 0.340 e. The second kappa shape index (κ2) is 7.04. The molecule has 1 unspecified atom stereocenters. The number of carboxylic acids is 1. The van der Waals surface area contributed by atoms with Crippen molar-refractivity contribution in [3.05, 3.63) is 62.7 Å². The number of hydrogen-bond acceptors (Lipinski definition) is 7. The third-order valence-electron chi connectivity index (χ3n) is 3.63. The third-order valence-corrected chi connectivity index (χ3v) is 3.63. The van der Waals surface area contributed by atoms with Gasteiger partial charge >= 0.3 is 11.9 Å². The molecule has 0 saturated carbocycles. The Hall–Kier alpha value is -3.36. The summed E-state index contributed by atoms with van der Waals surface area (Å²) in [5, 5.41) is 20.6. The van der Waals surface area contributed by atoms with Gasteiger partial charge in [-0.05, 0) is 19.4 Å². The standard InChI is InChI=1S/C16H16N2O7/c1-3-24-16(21)13-12(9-5-4-6-10(7-9)18(22)23)11(15(19)20)8(2)25-14(13)17/h4-7,12H,3,17H2,1-2H3,(H,19,20). The van der Waals surface area contributed by atoms with Crippen molar-refractivity contribution in [1.82, 2.24) is 0 Å². The Balaban J connectivity index is 2.69. The van der Waals surface area contributed by atoms with E-state index in [1.165, 1.54) is 31.2 Å². The van der Waals surface area contributed by atoms with Crippen molar-refractivity contribution in [2.24, 2.45) is 5.73 Å². The van der Waals surface area contributed by atoms with Crippen LogP contribution in [0.15, 0.2) is 47.1 Å². The average Bonchev–Trinajstić information content (AvgIpc) is 2.53. The SMILES string of the molecule is CCOC(=O)C1=C(N)OC(C)=C(C(=O)O)C1c1cccc([N+](=O)[O-])c1. The fraction of sp³-hybridized carbons (Fsp3) is 0.250. The molecular formula is C16H16N2O7. The number of carboxylic acid groups (broad SMARTS) is 1. The van der Waals surface area contributed by atoms with Crippen LogP contribution in [0.3, 0.4) is 0 Å². The molecule has 0 radical (unpaired) electrons. The second-order valence-electron chi connectivity index (χ2n) is 5.16. The highest BCUT2D eigenvalue weighted by atomic mass is 16.6. The fourth-order valence-corrected chi connectivity index (χ4v) is 2.62. The Bertz CT molecular complexity index is 810. The molecule has 9 heteroatoms. The molecule has 9 nitrogen and oxygen atoms in total. The number of carbonyl (C=O) groups excluding carboxylic acids is 1. The van der Waals surface area contributed by atoms with Gasteiger partial charge in [0, 0.05) is 12.1 Å². The Labute approximate surface area is 142 Å². The minimum absolute atomic E-state index is 0.00504. The Morgan fingerprint density at radius 3 is 2.64 bits per heavy atom. The first-order valence-corrected chi connectivity index (χ1v) is 7.30. The number of nitro groups is 1. The van der Waals surface area contributed by atoms with Gasteiger partial charge in [-0.25, -0.2) is 9.59 Å². The molecular weight excluding hydrogens is 332 g/mol. The summed E-state index contributed by atoms with van der Waals surface area (Å²) in [6.45, 7) is 3.02. The van der Waals surface area contributed by atoms with Gasteiger partial charge in [0.1, 0.15) is 11.3 Å². The number of nitrogens with two attached hydrogens (primary N) is 1. The lowest BCUT2D eigenvalue weighted by atomic mass is 9.82. The van der Waals surface area contributed by atoms with Crippen molar-refractivity contribution < 1.29 is 29.1 Å². The van der Waals surface area contributed by atoms with Crippen LogP contribution < -0.4 is 5.73 Å². The van der Waals surface area contributed by atoms with E-state index in [2.05, 4.69) is 0 Å². The first-order chi connectivity index (χ1) is 11.8. The molecule has 1 atom stereocenters. The number of carbonyl (C=O) groups is 2. The number of non-ortho nitro benzene ring substituents is 1. The minimum atomic E-state index is -1.33. The Morgan fingerprint density at radius 1 is 1.40 bits per heavy atom. The number of aliphatic carboxylic acids is 1. The summed E-state index contributed by atoms with van der Waals surface area (Å²) >= 11 is 0. The lowest BCUT2D eigenvalue weighted by Crippen LogP contribution is -2.29. The molecule has 1 aromatic rings. The molecule has 0 bridgehead atoms. The largest absolute Gasteiger partial charge is 0.478 e. The lowest BCUT2D eigenvalue weighted by molar-refractivity contribution is -0.384. The molecule has 25 heavy (non-hydrogen) atoms. The Morgan fingerprint density at radius 2 is 2.08 bits per heavy atom. The Kier molecular flexibility index (Phi) is 5.06. The van der Waals surface area contributed by atoms with E-state index in [-0.39, 0.29) is 40.6 Å². The summed E-state index contributed by atoms with van der Waals surface area (Å²) in [7, 11) is 0. The van der Waals surface area contributed by atoms with Crippen molar-refractivity contribution in [3.63, 3.8) is 0 Å². The second-order valence-corrected chi connectivity index (χ2v) is 5.16. The van der Waals surface area contributed by atoms with Crippen LogP contribution in [-0.2, 0) is 19.1 Å². The predicted octanol–water partition coefficient (Wildman–Crippen LogP) is 1.80. The summed E-state index contributed by atoms with van der Waals surface area (Å²) in [5.41, 5.74) is 5.32. The van der Waals surface area contributed by atoms with Crippen molar-refractivity contribution in [1.29, 1.82) is 0 Å². The molecule has 0 aliphatic carbocycles. The topological polar surface area (TPSA) is 142 Å². The van der Waals surface area contributed by atoms with Crippen LogP contribution in [0.1, 0.15) is 25.3 Å². The van der Waals surface area contributed by atoms with E-state index in [4.69, 9.17) is 15.2 Å². The van der Waals surface area contributed by atoms with E-state index in [1.807, 2.05) is 0 Å². The highest BCUT2D eigenvalue weighted by molar-refractivity contribution is 5.98. The quantitative estimate of drug-likeness (QED) is 0.466. The van der Waals surface area contributed by atoms with Gasteiger partial charge in [0.15, 0.2) is 0 Å². The zero-order valence-corrected chi connectivity index (χ0v) is 13.5. The molecule has 0 aromatic heterocycles. The van der Waals surface area contributed by atoms with E-state index in [9.17, 15) is 24.8 Å². The number of nitro benzene ring substituents is 1. The number of rotatable bonds is 5. The molecule has 132 valence electrons. The molecule has 1 heterocycles. The third kappa shape index (κ3) is 3.44. The monoisotopic (exact) mass is 348 g/mol. The lowest BCUT2D eigenvalue weighted by Gasteiger charge is -2.27. The van der Waals surface area contributed by atoms with Crippen molar-refractivity contribution in [2.75, 3.05) is 6.61 Å². The van der Waals surface area contributed by atoms with Crippen molar-refractivity contribution in [3.8, 4) is 0 Å². The van der Waals surface area contributed by atoms with Gasteiger partial charge in [-0.2, -0.15) is 0 Å². The molecule has 0 fully saturated rings. The first-order valence-electron chi connectivity index (χ1n) is 7.30. The van der Waals surface area contributed by atoms with E-state index in [0.29, 0.717) is 0 Å². The fourth-order valence-electron chi connectivity index (χ4n) is 2.62. The average molecular weight is 348 g/mol. The van der Waals surface area contributed by atoms with E-state index >= 15 is 0 Å². The molecule has 1 aliphatic heterocycles. The summed E-state index contributed by atoms with van der Waals surface area (Å²) < 4.78 is 10.1. The minimum Gasteiger partial charge on any atom is -0.478 e. The van der Waals surface area contributed by atoms with Crippen LogP contribution in [0.25, 0.3) is 0 Å². The number of allylic oxidation sites excluding steroid dienone is 1. The number of ether oxygens (including phenoxy) is 2. The molecule has 0 saturated heterocycles. The summed E-state index contributed by atoms with van der Waals surface area (Å²) in [4.78, 5) is 34.4. The molecule has 1 aliphatic rings. The van der Waals surface area contributed by atoms with Crippen LogP contribution in [0, 0.1) is 10.1 Å². The zero-order valence-electron chi connectivity index (χ0n) is 13.5. The number of nitrogens with zero attached hydrogens (tertiary/aromatic N) is 1. The van der Waals surface area contributed by atoms with Crippen LogP contribution in [-0.4, -0.2) is 28.6 Å². The van der Waals surface area contributed by atoms with E-state index < -0.39 is 22.8 Å². The highest BCUT2D eigenvalue weighted by Gasteiger charge is 2.39. The van der Waals surface area contributed by atoms with Crippen LogP contribution >= 0.6 is 0 Å². The maximum Gasteiger partial charge on any atom is 0.340 e. The van der Waals surface area contributed by atoms with Gasteiger partial charge in [0.05, 0.1) is 23.0 Å². The van der Waals surface area contributed by atoms with Crippen molar-refractivity contribution in [2.45, 2.75) is 19.8 Å². The molecule has 3 N–H and O–H groups in total. The van der Waals surface area contributed by atoms with Crippen LogP contribution in [0.4, 0.5) is 5.69 Å². The number of hydrogen-bond donors (Lipinski definition) is 2. The van der Waals surface area contributed by atoms with E-state index in [0.717, 1.165) is 0 Å². The summed E-state index contributed by atoms with van der Waals surface area (Å²) in [6.07, 6.45) is 0. The molecule has 1 aromatic carbocycles. The first kappa shape index (κ1) is 18.0. The maximum atomic E-state index is 12.3. The van der Waals surface area contributed by atoms with Gasteiger partial charge in [0.25, 0.3) is 5.69 Å². The van der Waals surface area contributed by atoms with Crippen molar-refractivity contribution >= 4 is 17.6 Å². The van der Waals surface area contributed by atoms with Gasteiger partial charge < -0.3 is 20.3 Å². The maximum absolute atomic E-state index is 12.3. The summed E-state index contributed by atoms with van der Waals surface area (Å²) in [6, 6.07) is 5.33. The van der Waals surface area contributed by atoms with Gasteiger partial charge in [-0.3, -0.25) is 10.1 Å². The van der Waals surface area contributed by atoms with Gasteiger partial charge in [0.2, 0.25) is 5.88 Å². The zero-order chi connectivity index (χ0) is 18.7. The van der Waals surface area contributed by atoms with Gasteiger partial charge in [-0.1, -0.05) is 12.1 Å². The normalized spacial score (nSPS) is 17.1. The van der Waals surface area contributed by atoms with E-state index in [1.54, 1.807) is 6.92 Å². The molecule has 2 rings (SSSR count). The van der Waals surface area contributed by atoms with Crippen LogP contribution in [0.2, 0.25) is 0 Å². The molecule has 0 amide bonds. The highest BCUT2D eigenvalue weighted by Crippen LogP contribution is 2.40.